The average molecular weight is 266 g/mol. The molecule has 1 unspecified atom stereocenters. The van der Waals surface area contributed by atoms with Gasteiger partial charge in [0.1, 0.15) is 0 Å². The van der Waals surface area contributed by atoms with Gasteiger partial charge in [0, 0.05) is 19.7 Å². The van der Waals surface area contributed by atoms with Gasteiger partial charge in [0.25, 0.3) is 0 Å². The molecule has 1 saturated carbocycles. The van der Waals surface area contributed by atoms with Crippen LogP contribution in [0.4, 0.5) is 13.2 Å². The monoisotopic (exact) mass is 266 g/mol. The van der Waals surface area contributed by atoms with Crippen LogP contribution in [-0.4, -0.2) is 56.5 Å². The number of halogens is 3. The van der Waals surface area contributed by atoms with Crippen molar-refractivity contribution in [2.45, 2.75) is 37.6 Å². The topological polar surface area (TPSA) is 24.5 Å². The standard InChI is InChI=1S/C12H21F3N2O/c1-18-11-4-10(5-11)16-6-9-2-3-17(7-9)8-12(13,14)15/h9-11,16H,2-8H2,1H3. The van der Waals surface area contributed by atoms with Gasteiger partial charge >= 0.3 is 6.18 Å². The lowest BCUT2D eigenvalue weighted by Gasteiger charge is -2.35. The Balaban J connectivity index is 1.59. The Kier molecular flexibility index (Phi) is 4.50. The van der Waals surface area contributed by atoms with Gasteiger partial charge in [-0.3, -0.25) is 4.90 Å². The second-order valence-electron chi connectivity index (χ2n) is 5.44. The normalized spacial score (nSPS) is 33.7. The van der Waals surface area contributed by atoms with Crippen molar-refractivity contribution < 1.29 is 17.9 Å². The molecule has 18 heavy (non-hydrogen) atoms. The molecule has 2 aliphatic rings. The lowest BCUT2D eigenvalue weighted by atomic mass is 9.89. The third-order valence-electron chi connectivity index (χ3n) is 3.90. The lowest BCUT2D eigenvalue weighted by molar-refractivity contribution is -0.143. The molecular formula is C12H21F3N2O. The molecule has 1 atom stereocenters. The summed E-state index contributed by atoms with van der Waals surface area (Å²) in [6.07, 6.45) is -0.788. The summed E-state index contributed by atoms with van der Waals surface area (Å²) >= 11 is 0. The van der Waals surface area contributed by atoms with Crippen molar-refractivity contribution in [3.05, 3.63) is 0 Å². The van der Waals surface area contributed by atoms with Gasteiger partial charge in [0.2, 0.25) is 0 Å². The van der Waals surface area contributed by atoms with Crippen LogP contribution in [0.15, 0.2) is 0 Å². The maximum absolute atomic E-state index is 12.2. The second kappa shape index (κ2) is 5.75. The van der Waals surface area contributed by atoms with Crippen LogP contribution in [0, 0.1) is 5.92 Å². The van der Waals surface area contributed by atoms with Gasteiger partial charge in [-0.05, 0) is 38.3 Å². The first kappa shape index (κ1) is 14.1. The molecule has 1 aliphatic heterocycles. The van der Waals surface area contributed by atoms with Crippen molar-refractivity contribution in [1.29, 1.82) is 0 Å². The molecular weight excluding hydrogens is 245 g/mol. The van der Waals surface area contributed by atoms with Crippen LogP contribution in [0.2, 0.25) is 0 Å². The van der Waals surface area contributed by atoms with Gasteiger partial charge in [-0.15, -0.1) is 0 Å². The van der Waals surface area contributed by atoms with Crippen molar-refractivity contribution in [2.75, 3.05) is 33.3 Å². The zero-order valence-electron chi connectivity index (χ0n) is 10.7. The van der Waals surface area contributed by atoms with E-state index in [0.717, 1.165) is 25.8 Å². The predicted molar refractivity (Wildman–Crippen MR) is 62.4 cm³/mol. The molecule has 0 aromatic heterocycles. The molecule has 1 N–H and O–H groups in total. The van der Waals surface area contributed by atoms with Crippen LogP contribution in [0.5, 0.6) is 0 Å². The SMILES string of the molecule is COC1CC(NCC2CCN(CC(F)(F)F)C2)C1. The molecule has 0 spiro atoms. The summed E-state index contributed by atoms with van der Waals surface area (Å²) in [4.78, 5) is 1.51. The molecule has 0 aromatic rings. The number of hydrogen-bond acceptors (Lipinski definition) is 3. The fraction of sp³-hybridized carbons (Fsp3) is 1.00. The van der Waals surface area contributed by atoms with Crippen molar-refractivity contribution in [3.8, 4) is 0 Å². The van der Waals surface area contributed by atoms with E-state index in [2.05, 4.69) is 5.32 Å². The Morgan fingerprint density at radius 1 is 1.33 bits per heavy atom. The highest BCUT2D eigenvalue weighted by molar-refractivity contribution is 4.87. The van der Waals surface area contributed by atoms with E-state index in [-0.39, 0.29) is 0 Å². The van der Waals surface area contributed by atoms with E-state index in [0.29, 0.717) is 31.2 Å². The Hall–Kier alpha value is -0.330. The number of ether oxygens (including phenoxy) is 1. The summed E-state index contributed by atoms with van der Waals surface area (Å²) in [7, 11) is 1.72. The fourth-order valence-electron chi connectivity index (χ4n) is 2.73. The molecule has 0 aromatic carbocycles. The lowest BCUT2D eigenvalue weighted by Crippen LogP contribution is -2.46. The smallest absolute Gasteiger partial charge is 0.381 e. The fourth-order valence-corrected chi connectivity index (χ4v) is 2.73. The molecule has 0 bridgehead atoms. The number of nitrogens with zero attached hydrogens (tertiary/aromatic N) is 1. The first-order chi connectivity index (χ1) is 8.46. The van der Waals surface area contributed by atoms with Crippen molar-refractivity contribution in [2.24, 2.45) is 5.92 Å². The van der Waals surface area contributed by atoms with E-state index in [1.54, 1.807) is 7.11 Å². The summed E-state index contributed by atoms with van der Waals surface area (Å²) in [6.45, 7) is 1.19. The molecule has 2 fully saturated rings. The van der Waals surface area contributed by atoms with Crippen molar-refractivity contribution >= 4 is 0 Å². The maximum atomic E-state index is 12.2. The Morgan fingerprint density at radius 3 is 2.67 bits per heavy atom. The van der Waals surface area contributed by atoms with Gasteiger partial charge in [-0.1, -0.05) is 0 Å². The molecule has 1 heterocycles. The van der Waals surface area contributed by atoms with Gasteiger partial charge in [-0.2, -0.15) is 13.2 Å². The molecule has 3 nitrogen and oxygen atoms in total. The predicted octanol–water partition coefficient (Wildman–Crippen LogP) is 1.64. The van der Waals surface area contributed by atoms with E-state index in [1.165, 1.54) is 4.90 Å². The largest absolute Gasteiger partial charge is 0.401 e. The molecule has 2 rings (SSSR count). The van der Waals surface area contributed by atoms with E-state index in [9.17, 15) is 13.2 Å². The zero-order chi connectivity index (χ0) is 13.2. The van der Waals surface area contributed by atoms with Crippen LogP contribution in [-0.2, 0) is 4.74 Å². The first-order valence-electron chi connectivity index (χ1n) is 6.51. The van der Waals surface area contributed by atoms with Gasteiger partial charge < -0.3 is 10.1 Å². The summed E-state index contributed by atoms with van der Waals surface area (Å²) in [5.41, 5.74) is 0. The molecule has 1 aliphatic carbocycles. The number of hydrogen-bond donors (Lipinski definition) is 1. The van der Waals surface area contributed by atoms with E-state index >= 15 is 0 Å². The average Bonchev–Trinajstić information content (AvgIpc) is 2.61. The van der Waals surface area contributed by atoms with Crippen molar-refractivity contribution in [1.82, 2.24) is 10.2 Å². The minimum absolute atomic E-state index is 0.356. The molecule has 106 valence electrons. The van der Waals surface area contributed by atoms with Crippen LogP contribution in [0.25, 0.3) is 0 Å². The summed E-state index contributed by atoms with van der Waals surface area (Å²) in [5, 5.41) is 3.42. The van der Waals surface area contributed by atoms with E-state index < -0.39 is 12.7 Å². The summed E-state index contributed by atoms with van der Waals surface area (Å²) < 4.78 is 41.9. The van der Waals surface area contributed by atoms with E-state index in [1.807, 2.05) is 0 Å². The minimum Gasteiger partial charge on any atom is -0.381 e. The highest BCUT2D eigenvalue weighted by Crippen LogP contribution is 2.25. The molecule has 0 radical (unpaired) electrons. The third kappa shape index (κ3) is 4.10. The first-order valence-corrected chi connectivity index (χ1v) is 6.51. The Morgan fingerprint density at radius 2 is 2.06 bits per heavy atom. The van der Waals surface area contributed by atoms with Crippen LogP contribution in [0.3, 0.4) is 0 Å². The quantitative estimate of drug-likeness (QED) is 0.818. The Bertz CT molecular complexity index is 267. The number of methoxy groups -OCH3 is 1. The minimum atomic E-state index is -4.07. The molecule has 0 amide bonds. The molecule has 6 heteroatoms. The third-order valence-corrected chi connectivity index (χ3v) is 3.90. The number of nitrogens with one attached hydrogen (secondary N) is 1. The highest BCUT2D eigenvalue weighted by atomic mass is 19.4. The maximum Gasteiger partial charge on any atom is 0.401 e. The summed E-state index contributed by atoms with van der Waals surface area (Å²) in [5.74, 6) is 0.356. The van der Waals surface area contributed by atoms with Gasteiger partial charge in [0.15, 0.2) is 0 Å². The van der Waals surface area contributed by atoms with E-state index in [4.69, 9.17) is 4.74 Å². The highest BCUT2D eigenvalue weighted by Gasteiger charge is 2.35. The van der Waals surface area contributed by atoms with Crippen molar-refractivity contribution in [3.63, 3.8) is 0 Å². The van der Waals surface area contributed by atoms with Gasteiger partial charge in [0.05, 0.1) is 12.6 Å². The second-order valence-corrected chi connectivity index (χ2v) is 5.44. The number of likely N-dealkylation sites (tertiary alicyclic amines) is 1. The van der Waals surface area contributed by atoms with Crippen LogP contribution in [0.1, 0.15) is 19.3 Å². The van der Waals surface area contributed by atoms with Gasteiger partial charge in [-0.25, -0.2) is 0 Å². The number of alkyl halides is 3. The zero-order valence-corrected chi connectivity index (χ0v) is 10.7. The summed E-state index contributed by atoms with van der Waals surface area (Å²) in [6, 6.07) is 0.492. The Labute approximate surface area is 106 Å². The molecule has 1 saturated heterocycles. The number of rotatable bonds is 5. The van der Waals surface area contributed by atoms with Crippen LogP contribution < -0.4 is 5.32 Å². The van der Waals surface area contributed by atoms with Crippen LogP contribution >= 0.6 is 0 Å².